The summed E-state index contributed by atoms with van der Waals surface area (Å²) in [6.45, 7) is 0. The van der Waals surface area contributed by atoms with Gasteiger partial charge in [-0.05, 0) is 24.3 Å². The Kier molecular flexibility index (Phi) is 2.36. The minimum absolute atomic E-state index is 0.000718. The monoisotopic (exact) mass is 245 g/mol. The molecule has 0 fully saturated rings. The Hall–Kier alpha value is -1.20. The number of fused-ring (bicyclic) bond motifs is 1. The van der Waals surface area contributed by atoms with Crippen LogP contribution in [0.1, 0.15) is 0 Å². The molecule has 0 aliphatic heterocycles. The van der Waals surface area contributed by atoms with Gasteiger partial charge in [-0.2, -0.15) is 0 Å². The molecule has 0 N–H and O–H groups in total. The van der Waals surface area contributed by atoms with Crippen LogP contribution >= 0.6 is 10.7 Å². The third-order valence-corrected chi connectivity index (χ3v) is 3.32. The molecule has 0 saturated carbocycles. The predicted octanol–water partition coefficient (Wildman–Crippen LogP) is 2.30. The maximum Gasteiger partial charge on any atom is 0.261 e. The maximum absolute atomic E-state index is 13.3. The molecule has 1 heterocycles. The van der Waals surface area contributed by atoms with Crippen molar-refractivity contribution in [1.29, 1.82) is 0 Å². The van der Waals surface area contributed by atoms with Gasteiger partial charge in [-0.15, -0.1) is 0 Å². The minimum Gasteiger partial charge on any atom is -0.253 e. The van der Waals surface area contributed by atoms with Crippen LogP contribution in [0.5, 0.6) is 0 Å². The van der Waals surface area contributed by atoms with Crippen LogP contribution in [-0.2, 0) is 9.05 Å². The number of aromatic nitrogens is 1. The zero-order valence-corrected chi connectivity index (χ0v) is 8.89. The van der Waals surface area contributed by atoms with Gasteiger partial charge in [0.15, 0.2) is 0 Å². The van der Waals surface area contributed by atoms with Crippen LogP contribution in [0, 0.1) is 5.82 Å². The third kappa shape index (κ3) is 1.80. The van der Waals surface area contributed by atoms with E-state index in [2.05, 4.69) is 4.98 Å². The van der Waals surface area contributed by atoms with Gasteiger partial charge in [0, 0.05) is 22.3 Å². The number of benzene rings is 1. The van der Waals surface area contributed by atoms with Gasteiger partial charge in [0.2, 0.25) is 0 Å². The summed E-state index contributed by atoms with van der Waals surface area (Å²) in [6.07, 6.45) is 1.38. The average molecular weight is 246 g/mol. The zero-order valence-electron chi connectivity index (χ0n) is 7.31. The second-order valence-corrected chi connectivity index (χ2v) is 5.42. The molecular formula is C9H5ClFNO2S. The van der Waals surface area contributed by atoms with Crippen LogP contribution in [0.3, 0.4) is 0 Å². The van der Waals surface area contributed by atoms with E-state index in [9.17, 15) is 12.8 Å². The molecule has 0 amide bonds. The van der Waals surface area contributed by atoms with Gasteiger partial charge >= 0.3 is 0 Å². The van der Waals surface area contributed by atoms with Crippen molar-refractivity contribution in [3.05, 3.63) is 36.3 Å². The van der Waals surface area contributed by atoms with Crippen molar-refractivity contribution in [2.75, 3.05) is 0 Å². The van der Waals surface area contributed by atoms with E-state index in [0.717, 1.165) is 12.1 Å². The standard InChI is InChI=1S/C9H5ClFNO2S/c10-15(13,14)8-4-3-7(11)9-6(8)2-1-5-12-9/h1-5H. The summed E-state index contributed by atoms with van der Waals surface area (Å²) >= 11 is 0. The van der Waals surface area contributed by atoms with Crippen molar-refractivity contribution in [3.63, 3.8) is 0 Å². The van der Waals surface area contributed by atoms with E-state index >= 15 is 0 Å². The first-order valence-electron chi connectivity index (χ1n) is 3.98. The van der Waals surface area contributed by atoms with Crippen molar-refractivity contribution in [2.24, 2.45) is 0 Å². The second-order valence-electron chi connectivity index (χ2n) is 2.88. The van der Waals surface area contributed by atoms with E-state index in [1.54, 1.807) is 0 Å². The highest BCUT2D eigenvalue weighted by Gasteiger charge is 2.16. The summed E-state index contributed by atoms with van der Waals surface area (Å²) in [5, 5.41) is 0.188. The largest absolute Gasteiger partial charge is 0.261 e. The molecular weight excluding hydrogens is 241 g/mol. The van der Waals surface area contributed by atoms with Crippen molar-refractivity contribution in [1.82, 2.24) is 4.98 Å². The summed E-state index contributed by atoms with van der Waals surface area (Å²) < 4.78 is 35.6. The number of hydrogen-bond donors (Lipinski definition) is 0. The minimum atomic E-state index is -3.88. The Morgan fingerprint density at radius 3 is 2.67 bits per heavy atom. The van der Waals surface area contributed by atoms with Crippen LogP contribution in [0.15, 0.2) is 35.4 Å². The molecule has 0 saturated heterocycles. The maximum atomic E-state index is 13.3. The van der Waals surface area contributed by atoms with Crippen LogP contribution in [-0.4, -0.2) is 13.4 Å². The normalized spacial score (nSPS) is 11.9. The second kappa shape index (κ2) is 3.43. The molecule has 1 aromatic heterocycles. The first-order valence-corrected chi connectivity index (χ1v) is 6.29. The summed E-state index contributed by atoms with van der Waals surface area (Å²) in [5.41, 5.74) is -0.000718. The Morgan fingerprint density at radius 2 is 2.00 bits per heavy atom. The molecule has 78 valence electrons. The van der Waals surface area contributed by atoms with E-state index in [1.165, 1.54) is 18.3 Å². The van der Waals surface area contributed by atoms with Gasteiger partial charge in [0.05, 0.1) is 4.90 Å². The van der Waals surface area contributed by atoms with Crippen LogP contribution < -0.4 is 0 Å². The molecule has 0 spiro atoms. The van der Waals surface area contributed by atoms with Gasteiger partial charge in [0.25, 0.3) is 9.05 Å². The Balaban J connectivity index is 2.96. The lowest BCUT2D eigenvalue weighted by Crippen LogP contribution is -1.94. The lowest BCUT2D eigenvalue weighted by Gasteiger charge is -2.02. The van der Waals surface area contributed by atoms with Crippen LogP contribution in [0.2, 0.25) is 0 Å². The Bertz CT molecular complexity index is 627. The van der Waals surface area contributed by atoms with Crippen molar-refractivity contribution in [2.45, 2.75) is 4.90 Å². The molecule has 0 aliphatic carbocycles. The highest BCUT2D eigenvalue weighted by molar-refractivity contribution is 8.14. The number of rotatable bonds is 1. The number of hydrogen-bond acceptors (Lipinski definition) is 3. The molecule has 6 heteroatoms. The first-order chi connectivity index (χ1) is 7.00. The highest BCUT2D eigenvalue weighted by Crippen LogP contribution is 2.25. The van der Waals surface area contributed by atoms with Gasteiger partial charge in [-0.1, -0.05) is 0 Å². The molecule has 3 nitrogen and oxygen atoms in total. The van der Waals surface area contributed by atoms with E-state index in [1.807, 2.05) is 0 Å². The summed E-state index contributed by atoms with van der Waals surface area (Å²) in [4.78, 5) is 3.63. The molecule has 1 aromatic carbocycles. The molecule has 0 aliphatic rings. The van der Waals surface area contributed by atoms with Gasteiger partial charge in [0.1, 0.15) is 11.3 Å². The van der Waals surface area contributed by atoms with E-state index < -0.39 is 14.9 Å². The van der Waals surface area contributed by atoms with Crippen LogP contribution in [0.25, 0.3) is 10.9 Å². The number of pyridine rings is 1. The van der Waals surface area contributed by atoms with Gasteiger partial charge in [-0.3, -0.25) is 4.98 Å². The Labute approximate surface area is 89.9 Å². The van der Waals surface area contributed by atoms with Crippen molar-refractivity contribution in [3.8, 4) is 0 Å². The molecule has 0 atom stereocenters. The smallest absolute Gasteiger partial charge is 0.253 e. The summed E-state index contributed by atoms with van der Waals surface area (Å²) in [6, 6.07) is 5.14. The SMILES string of the molecule is O=S(=O)(Cl)c1ccc(F)c2ncccc12. The fraction of sp³-hybridized carbons (Fsp3) is 0. The fourth-order valence-electron chi connectivity index (χ4n) is 1.32. The Morgan fingerprint density at radius 1 is 1.27 bits per heavy atom. The molecule has 2 aromatic rings. The molecule has 0 radical (unpaired) electrons. The lowest BCUT2D eigenvalue weighted by molar-refractivity contribution is 0.609. The third-order valence-electron chi connectivity index (χ3n) is 1.94. The first kappa shape index (κ1) is 10.3. The molecule has 0 unspecified atom stereocenters. The number of nitrogens with zero attached hydrogens (tertiary/aromatic N) is 1. The highest BCUT2D eigenvalue weighted by atomic mass is 35.7. The van der Waals surface area contributed by atoms with E-state index in [-0.39, 0.29) is 15.8 Å². The quantitative estimate of drug-likeness (QED) is 0.725. The van der Waals surface area contributed by atoms with Crippen LogP contribution in [0.4, 0.5) is 4.39 Å². The van der Waals surface area contributed by atoms with Crippen molar-refractivity contribution >= 4 is 30.6 Å². The van der Waals surface area contributed by atoms with Gasteiger partial charge in [-0.25, -0.2) is 12.8 Å². The fourth-order valence-corrected chi connectivity index (χ4v) is 2.39. The zero-order chi connectivity index (χ0) is 11.1. The lowest BCUT2D eigenvalue weighted by atomic mass is 10.2. The molecule has 15 heavy (non-hydrogen) atoms. The van der Waals surface area contributed by atoms with Gasteiger partial charge < -0.3 is 0 Å². The van der Waals surface area contributed by atoms with Crippen molar-refractivity contribution < 1.29 is 12.8 Å². The van der Waals surface area contributed by atoms with E-state index in [4.69, 9.17) is 10.7 Å². The summed E-state index contributed by atoms with van der Waals surface area (Å²) in [5.74, 6) is -0.574. The van der Waals surface area contributed by atoms with E-state index in [0.29, 0.717) is 0 Å². The molecule has 0 bridgehead atoms. The summed E-state index contributed by atoms with van der Waals surface area (Å²) in [7, 11) is 1.33. The predicted molar refractivity (Wildman–Crippen MR) is 54.7 cm³/mol. The average Bonchev–Trinajstić information content (AvgIpc) is 2.17. The number of halogens is 2. The molecule has 2 rings (SSSR count). The topological polar surface area (TPSA) is 47.0 Å².